The van der Waals surface area contributed by atoms with Crippen LogP contribution in [-0.2, 0) is 6.42 Å². The van der Waals surface area contributed by atoms with Crippen molar-refractivity contribution in [2.75, 3.05) is 0 Å². The lowest BCUT2D eigenvalue weighted by atomic mass is 9.72. The van der Waals surface area contributed by atoms with Gasteiger partial charge in [-0.05, 0) is 49.7 Å². The van der Waals surface area contributed by atoms with Crippen molar-refractivity contribution in [3.05, 3.63) is 59.2 Å². The number of benzene rings is 1. The molecule has 0 saturated carbocycles. The van der Waals surface area contributed by atoms with E-state index in [1.54, 1.807) is 0 Å². The predicted octanol–water partition coefficient (Wildman–Crippen LogP) is 5.06. The minimum atomic E-state index is -0.803. The maximum Gasteiger partial charge on any atom is 0.0842 e. The third-order valence-electron chi connectivity index (χ3n) is 4.56. The van der Waals surface area contributed by atoms with Gasteiger partial charge in [-0.15, -0.1) is 0 Å². The molecular weight excluding hydrogens is 256 g/mol. The molecule has 0 heterocycles. The van der Waals surface area contributed by atoms with Gasteiger partial charge in [0.2, 0.25) is 0 Å². The molecule has 1 aliphatic rings. The largest absolute Gasteiger partial charge is 0.386 e. The summed E-state index contributed by atoms with van der Waals surface area (Å²) < 4.78 is 0. The van der Waals surface area contributed by atoms with Crippen molar-refractivity contribution in [2.45, 2.75) is 59.0 Å². The Balaban J connectivity index is 2.15. The van der Waals surface area contributed by atoms with Crippen LogP contribution in [0.2, 0.25) is 0 Å². The van der Waals surface area contributed by atoms with Crippen molar-refractivity contribution in [2.24, 2.45) is 5.41 Å². The number of rotatable bonds is 4. The van der Waals surface area contributed by atoms with Gasteiger partial charge in [0, 0.05) is 6.42 Å². The van der Waals surface area contributed by atoms with Crippen LogP contribution >= 0.6 is 0 Å². The van der Waals surface area contributed by atoms with Crippen LogP contribution in [0.25, 0.3) is 0 Å². The molecule has 0 saturated heterocycles. The maximum atomic E-state index is 10.6. The van der Waals surface area contributed by atoms with Crippen LogP contribution in [0.5, 0.6) is 0 Å². The summed E-state index contributed by atoms with van der Waals surface area (Å²) in [5.74, 6) is 0. The number of hydrogen-bond acceptors (Lipinski definition) is 1. The van der Waals surface area contributed by atoms with E-state index in [1.165, 1.54) is 36.0 Å². The van der Waals surface area contributed by atoms with Gasteiger partial charge < -0.3 is 5.11 Å². The van der Waals surface area contributed by atoms with E-state index in [0.717, 1.165) is 0 Å². The Morgan fingerprint density at radius 2 is 1.90 bits per heavy atom. The van der Waals surface area contributed by atoms with Crippen LogP contribution in [0.1, 0.15) is 52.5 Å². The first kappa shape index (κ1) is 16.0. The summed E-state index contributed by atoms with van der Waals surface area (Å²) in [4.78, 5) is 0. The minimum absolute atomic E-state index is 0.224. The van der Waals surface area contributed by atoms with Crippen LogP contribution in [-0.4, -0.2) is 10.7 Å². The van der Waals surface area contributed by atoms with E-state index in [2.05, 4.69) is 39.0 Å². The Morgan fingerprint density at radius 3 is 2.52 bits per heavy atom. The van der Waals surface area contributed by atoms with Gasteiger partial charge in [0.1, 0.15) is 0 Å². The quantitative estimate of drug-likeness (QED) is 0.819. The third-order valence-corrected chi connectivity index (χ3v) is 4.56. The highest BCUT2D eigenvalue weighted by Crippen LogP contribution is 2.41. The van der Waals surface area contributed by atoms with E-state index in [1.807, 2.05) is 31.2 Å². The zero-order valence-electron chi connectivity index (χ0n) is 13.8. The van der Waals surface area contributed by atoms with E-state index < -0.39 is 5.60 Å². The molecule has 114 valence electrons. The van der Waals surface area contributed by atoms with Crippen LogP contribution < -0.4 is 0 Å². The van der Waals surface area contributed by atoms with Crippen molar-refractivity contribution in [1.82, 2.24) is 0 Å². The van der Waals surface area contributed by atoms with Crippen molar-refractivity contribution < 1.29 is 5.11 Å². The van der Waals surface area contributed by atoms with E-state index in [0.29, 0.717) is 6.42 Å². The highest BCUT2D eigenvalue weighted by atomic mass is 16.3. The molecule has 0 bridgehead atoms. The fraction of sp³-hybridized carbons (Fsp3) is 0.500. The van der Waals surface area contributed by atoms with Gasteiger partial charge in [-0.3, -0.25) is 0 Å². The topological polar surface area (TPSA) is 20.2 Å². The zero-order valence-corrected chi connectivity index (χ0v) is 13.8. The highest BCUT2D eigenvalue weighted by Gasteiger charge is 2.27. The van der Waals surface area contributed by atoms with Crippen LogP contribution in [0.4, 0.5) is 0 Å². The molecule has 1 heteroatoms. The highest BCUT2D eigenvalue weighted by molar-refractivity contribution is 5.34. The molecule has 1 nitrogen and oxygen atoms in total. The standard InChI is InChI=1S/C20H28O/c1-16-9-8-13-19(2,3)18(16)12-14-20(4,21)15-17-10-6-5-7-11-17/h5-7,10-12,14,21H,8-9,13,15H2,1-4H3. The Morgan fingerprint density at radius 1 is 1.24 bits per heavy atom. The van der Waals surface area contributed by atoms with Crippen molar-refractivity contribution >= 4 is 0 Å². The molecule has 0 aliphatic heterocycles. The average molecular weight is 284 g/mol. The van der Waals surface area contributed by atoms with Crippen molar-refractivity contribution in [3.8, 4) is 0 Å². The number of hydrogen-bond donors (Lipinski definition) is 1. The molecule has 1 aromatic rings. The molecule has 1 aliphatic carbocycles. The first-order valence-electron chi connectivity index (χ1n) is 7.96. The van der Waals surface area contributed by atoms with Gasteiger partial charge in [0.25, 0.3) is 0 Å². The first-order chi connectivity index (χ1) is 9.80. The molecule has 21 heavy (non-hydrogen) atoms. The Labute approximate surface area is 129 Å². The fourth-order valence-electron chi connectivity index (χ4n) is 3.34. The third kappa shape index (κ3) is 4.31. The molecule has 0 radical (unpaired) electrons. The summed E-state index contributed by atoms with van der Waals surface area (Å²) >= 11 is 0. The van der Waals surface area contributed by atoms with Gasteiger partial charge in [0.15, 0.2) is 0 Å². The van der Waals surface area contributed by atoms with Gasteiger partial charge in [-0.2, -0.15) is 0 Å². The summed E-state index contributed by atoms with van der Waals surface area (Å²) in [5, 5.41) is 10.6. The smallest absolute Gasteiger partial charge is 0.0842 e. The predicted molar refractivity (Wildman–Crippen MR) is 90.2 cm³/mol. The van der Waals surface area contributed by atoms with Crippen LogP contribution in [0, 0.1) is 5.41 Å². The van der Waals surface area contributed by atoms with E-state index >= 15 is 0 Å². The monoisotopic (exact) mass is 284 g/mol. The summed E-state index contributed by atoms with van der Waals surface area (Å²) in [5.41, 5.74) is 3.46. The summed E-state index contributed by atoms with van der Waals surface area (Å²) in [6, 6.07) is 10.2. The summed E-state index contributed by atoms with van der Waals surface area (Å²) in [6.07, 6.45) is 8.48. The lowest BCUT2D eigenvalue weighted by molar-refractivity contribution is 0.112. The van der Waals surface area contributed by atoms with Gasteiger partial charge >= 0.3 is 0 Å². The van der Waals surface area contributed by atoms with E-state index in [9.17, 15) is 5.11 Å². The molecule has 1 unspecified atom stereocenters. The molecule has 1 N–H and O–H groups in total. The summed E-state index contributed by atoms with van der Waals surface area (Å²) in [7, 11) is 0. The number of aliphatic hydroxyl groups is 1. The van der Waals surface area contributed by atoms with Gasteiger partial charge in [-0.25, -0.2) is 0 Å². The fourth-order valence-corrected chi connectivity index (χ4v) is 3.34. The SMILES string of the molecule is CC1=C(C=CC(C)(O)Cc2ccccc2)C(C)(C)CCC1. The van der Waals surface area contributed by atoms with Crippen molar-refractivity contribution in [1.29, 1.82) is 0 Å². The first-order valence-corrected chi connectivity index (χ1v) is 7.96. The lowest BCUT2D eigenvalue weighted by Gasteiger charge is -2.33. The second-order valence-electron chi connectivity index (χ2n) is 7.28. The number of allylic oxidation sites excluding steroid dienone is 3. The summed E-state index contributed by atoms with van der Waals surface area (Å²) in [6.45, 7) is 8.73. The Bertz CT molecular complexity index is 532. The maximum absolute atomic E-state index is 10.6. The molecule has 0 amide bonds. The van der Waals surface area contributed by atoms with Crippen LogP contribution in [0.3, 0.4) is 0 Å². The van der Waals surface area contributed by atoms with E-state index in [4.69, 9.17) is 0 Å². The van der Waals surface area contributed by atoms with Gasteiger partial charge in [-0.1, -0.05) is 61.9 Å². The molecule has 1 atom stereocenters. The Kier molecular flexibility index (Phi) is 4.73. The molecular formula is C20H28O. The van der Waals surface area contributed by atoms with E-state index in [-0.39, 0.29) is 5.41 Å². The molecule has 2 rings (SSSR count). The molecule has 0 spiro atoms. The second kappa shape index (κ2) is 6.19. The second-order valence-corrected chi connectivity index (χ2v) is 7.28. The van der Waals surface area contributed by atoms with Gasteiger partial charge in [0.05, 0.1) is 5.60 Å². The zero-order chi connectivity index (χ0) is 15.5. The molecule has 0 fully saturated rings. The minimum Gasteiger partial charge on any atom is -0.386 e. The molecule has 1 aromatic carbocycles. The average Bonchev–Trinajstić information content (AvgIpc) is 2.37. The Hall–Kier alpha value is -1.34. The normalized spacial score (nSPS) is 21.6. The molecule has 0 aromatic heterocycles. The van der Waals surface area contributed by atoms with Crippen LogP contribution in [0.15, 0.2) is 53.6 Å². The van der Waals surface area contributed by atoms with Crippen molar-refractivity contribution in [3.63, 3.8) is 0 Å². The lowest BCUT2D eigenvalue weighted by Crippen LogP contribution is -2.25.